The van der Waals surface area contributed by atoms with Gasteiger partial charge in [0, 0.05) is 16.7 Å². The third kappa shape index (κ3) is 6.02. The third-order valence-corrected chi connectivity index (χ3v) is 12.3. The molecule has 0 aliphatic carbocycles. The fraction of sp³-hybridized carbons (Fsp3) is 0. The Balaban J connectivity index is 1.11. The molecule has 0 saturated carbocycles. The zero-order chi connectivity index (χ0) is 41.0. The van der Waals surface area contributed by atoms with Crippen LogP contribution >= 0.6 is 0 Å². The molecule has 12 aromatic rings. The molecule has 0 saturated heterocycles. The molecule has 3 heteroatoms. The number of hydrogen-bond donors (Lipinski definition) is 0. The normalized spacial score (nSPS) is 11.5. The van der Waals surface area contributed by atoms with E-state index in [4.69, 9.17) is 15.0 Å². The highest BCUT2D eigenvalue weighted by atomic mass is 15.0. The summed E-state index contributed by atoms with van der Waals surface area (Å²) in [6.07, 6.45) is 0. The lowest BCUT2D eigenvalue weighted by Crippen LogP contribution is -2.02. The van der Waals surface area contributed by atoms with Crippen molar-refractivity contribution < 1.29 is 0 Å². The summed E-state index contributed by atoms with van der Waals surface area (Å²) in [6, 6.07) is 80.0. The van der Waals surface area contributed by atoms with Gasteiger partial charge in [0.25, 0.3) is 0 Å². The van der Waals surface area contributed by atoms with Gasteiger partial charge >= 0.3 is 0 Å². The van der Waals surface area contributed by atoms with Gasteiger partial charge in [-0.15, -0.1) is 0 Å². The van der Waals surface area contributed by atoms with Gasteiger partial charge in [0.2, 0.25) is 0 Å². The van der Waals surface area contributed by atoms with Crippen LogP contribution in [0.3, 0.4) is 0 Å². The summed E-state index contributed by atoms with van der Waals surface area (Å²) >= 11 is 0. The Morgan fingerprint density at radius 2 is 0.694 bits per heavy atom. The molecule has 0 unspecified atom stereocenters. The van der Waals surface area contributed by atoms with E-state index in [1.165, 1.54) is 54.2 Å². The van der Waals surface area contributed by atoms with E-state index in [9.17, 15) is 0 Å². The van der Waals surface area contributed by atoms with E-state index in [-0.39, 0.29) is 0 Å². The van der Waals surface area contributed by atoms with Gasteiger partial charge in [-0.3, -0.25) is 0 Å². The van der Waals surface area contributed by atoms with Crippen molar-refractivity contribution >= 4 is 53.9 Å². The molecule has 288 valence electrons. The van der Waals surface area contributed by atoms with E-state index < -0.39 is 0 Å². The van der Waals surface area contributed by atoms with Crippen LogP contribution in [0, 0.1) is 0 Å². The summed E-state index contributed by atoms with van der Waals surface area (Å²) in [5, 5.41) is 12.0. The van der Waals surface area contributed by atoms with Gasteiger partial charge in [-0.1, -0.05) is 206 Å². The van der Waals surface area contributed by atoms with Gasteiger partial charge < -0.3 is 0 Å². The third-order valence-electron chi connectivity index (χ3n) is 12.3. The van der Waals surface area contributed by atoms with Crippen LogP contribution in [0.5, 0.6) is 0 Å². The SMILES string of the molecule is c1ccc(-c2ccccc2-c2nc(-c3ccccc3-c3ccc4ccccc4c3)nc(-c3ccc(-c4c5ccccc5cc5c4ccc4ccccc45)c4ccccc34)n2)cc1. The zero-order valence-electron chi connectivity index (χ0n) is 33.7. The Hall–Kier alpha value is -8.27. The molecular formula is C59H37N3. The predicted molar refractivity (Wildman–Crippen MR) is 260 cm³/mol. The number of benzene rings is 11. The van der Waals surface area contributed by atoms with Crippen molar-refractivity contribution in [3.05, 3.63) is 224 Å². The topological polar surface area (TPSA) is 38.7 Å². The highest BCUT2D eigenvalue weighted by molar-refractivity contribution is 6.23. The first-order valence-electron chi connectivity index (χ1n) is 21.1. The molecule has 1 heterocycles. The minimum atomic E-state index is 0.622. The predicted octanol–water partition coefficient (Wildman–Crippen LogP) is 15.6. The lowest BCUT2D eigenvalue weighted by atomic mass is 9.87. The van der Waals surface area contributed by atoms with Gasteiger partial charge in [0.05, 0.1) is 0 Å². The molecule has 0 aliphatic heterocycles. The summed E-state index contributed by atoms with van der Waals surface area (Å²) in [5.41, 5.74) is 9.58. The van der Waals surface area contributed by atoms with Gasteiger partial charge in [-0.25, -0.2) is 15.0 Å². The zero-order valence-corrected chi connectivity index (χ0v) is 33.7. The molecular weight excluding hydrogens is 751 g/mol. The van der Waals surface area contributed by atoms with Crippen LogP contribution in [-0.4, -0.2) is 15.0 Å². The number of rotatable bonds is 6. The molecule has 0 N–H and O–H groups in total. The fourth-order valence-electron chi connectivity index (χ4n) is 9.39. The van der Waals surface area contributed by atoms with Crippen molar-refractivity contribution in [2.45, 2.75) is 0 Å². The van der Waals surface area contributed by atoms with Crippen molar-refractivity contribution in [2.24, 2.45) is 0 Å². The Kier molecular flexibility index (Phi) is 8.50. The highest BCUT2D eigenvalue weighted by Crippen LogP contribution is 2.44. The first kappa shape index (κ1) is 35.7. The number of nitrogens with zero attached hydrogens (tertiary/aromatic N) is 3. The first-order chi connectivity index (χ1) is 30.7. The van der Waals surface area contributed by atoms with E-state index in [2.05, 4.69) is 218 Å². The molecule has 3 nitrogen and oxygen atoms in total. The second-order valence-electron chi connectivity index (χ2n) is 15.9. The molecule has 0 aliphatic rings. The van der Waals surface area contributed by atoms with E-state index in [0.29, 0.717) is 17.5 Å². The fourth-order valence-corrected chi connectivity index (χ4v) is 9.39. The molecule has 0 fully saturated rings. The highest BCUT2D eigenvalue weighted by Gasteiger charge is 2.21. The molecule has 0 radical (unpaired) electrons. The second kappa shape index (κ2) is 14.8. The Morgan fingerprint density at radius 1 is 0.210 bits per heavy atom. The minimum Gasteiger partial charge on any atom is -0.208 e. The average molecular weight is 788 g/mol. The molecule has 0 bridgehead atoms. The van der Waals surface area contributed by atoms with Crippen LogP contribution in [0.25, 0.3) is 121 Å². The quantitative estimate of drug-likeness (QED) is 0.124. The van der Waals surface area contributed by atoms with E-state index >= 15 is 0 Å². The molecule has 62 heavy (non-hydrogen) atoms. The van der Waals surface area contributed by atoms with Crippen LogP contribution in [0.15, 0.2) is 224 Å². The Morgan fingerprint density at radius 3 is 1.40 bits per heavy atom. The lowest BCUT2D eigenvalue weighted by molar-refractivity contribution is 1.08. The van der Waals surface area contributed by atoms with E-state index in [0.717, 1.165) is 49.7 Å². The summed E-state index contributed by atoms with van der Waals surface area (Å²) in [4.78, 5) is 16.2. The first-order valence-corrected chi connectivity index (χ1v) is 21.1. The molecule has 0 amide bonds. The Bertz CT molecular complexity index is 3700. The van der Waals surface area contributed by atoms with Crippen molar-refractivity contribution in [1.29, 1.82) is 0 Å². The van der Waals surface area contributed by atoms with Gasteiger partial charge in [0.15, 0.2) is 17.5 Å². The minimum absolute atomic E-state index is 0.622. The number of hydrogen-bond acceptors (Lipinski definition) is 3. The summed E-state index contributed by atoms with van der Waals surface area (Å²) in [6.45, 7) is 0. The summed E-state index contributed by atoms with van der Waals surface area (Å²) in [5.74, 6) is 1.87. The monoisotopic (exact) mass is 787 g/mol. The summed E-state index contributed by atoms with van der Waals surface area (Å²) in [7, 11) is 0. The lowest BCUT2D eigenvalue weighted by Gasteiger charge is -2.18. The van der Waals surface area contributed by atoms with Crippen LogP contribution in [0.2, 0.25) is 0 Å². The van der Waals surface area contributed by atoms with Gasteiger partial charge in [0.1, 0.15) is 0 Å². The summed E-state index contributed by atoms with van der Waals surface area (Å²) < 4.78 is 0. The number of aromatic nitrogens is 3. The van der Waals surface area contributed by atoms with Crippen molar-refractivity contribution in [3.8, 4) is 67.5 Å². The average Bonchev–Trinajstić information content (AvgIpc) is 3.35. The molecule has 11 aromatic carbocycles. The second-order valence-corrected chi connectivity index (χ2v) is 15.9. The molecule has 1 aromatic heterocycles. The Labute approximate surface area is 359 Å². The van der Waals surface area contributed by atoms with Gasteiger partial charge in [-0.2, -0.15) is 0 Å². The van der Waals surface area contributed by atoms with Gasteiger partial charge in [-0.05, 0) is 105 Å². The van der Waals surface area contributed by atoms with E-state index in [1.54, 1.807) is 0 Å². The molecule has 0 atom stereocenters. The van der Waals surface area contributed by atoms with E-state index in [1.807, 2.05) is 6.07 Å². The number of fused-ring (bicyclic) bond motifs is 6. The smallest absolute Gasteiger partial charge is 0.164 e. The van der Waals surface area contributed by atoms with Crippen LogP contribution in [-0.2, 0) is 0 Å². The van der Waals surface area contributed by atoms with Crippen molar-refractivity contribution in [1.82, 2.24) is 15.0 Å². The molecule has 12 rings (SSSR count). The largest absolute Gasteiger partial charge is 0.208 e. The maximum absolute atomic E-state index is 5.41. The van der Waals surface area contributed by atoms with Crippen LogP contribution in [0.1, 0.15) is 0 Å². The van der Waals surface area contributed by atoms with Crippen LogP contribution < -0.4 is 0 Å². The van der Waals surface area contributed by atoms with Crippen molar-refractivity contribution in [2.75, 3.05) is 0 Å². The van der Waals surface area contributed by atoms with Crippen LogP contribution in [0.4, 0.5) is 0 Å². The maximum Gasteiger partial charge on any atom is 0.164 e. The molecule has 0 spiro atoms. The maximum atomic E-state index is 5.41. The van der Waals surface area contributed by atoms with Crippen molar-refractivity contribution in [3.63, 3.8) is 0 Å². The standard InChI is InChI=1S/C59H37N3/c1-2-17-39(18-3-1)44-22-10-14-28-52(44)57-60-58(53-29-15-11-24-46(53)43-31-30-38-16-4-5-20-41(38)36-43)62-59(61-57)54-35-34-50(48-26-12-13-27-49(48)54)56-47-25-9-7-21-42(47)37-55-45-23-8-6-19-40(45)32-33-51(55)56/h1-37H.